The monoisotopic (exact) mass is 289 g/mol. The Kier molecular flexibility index (Phi) is 2.79. The molecule has 0 aliphatic rings. The van der Waals surface area contributed by atoms with Crippen LogP contribution in [0.3, 0.4) is 0 Å². The third-order valence-corrected chi connectivity index (χ3v) is 3.31. The standard InChI is InChI=1S/C16H11N5O/c22-15(13-10-21-9-3-8-17-16(21)19-13)20-14-7-6-11-4-1-2-5-12(11)18-14/h1-10H,(H,18,20,22). The number of amides is 1. The van der Waals surface area contributed by atoms with E-state index in [1.807, 2.05) is 30.3 Å². The Balaban J connectivity index is 1.64. The number of hydrogen-bond donors (Lipinski definition) is 1. The third-order valence-electron chi connectivity index (χ3n) is 3.31. The first-order valence-electron chi connectivity index (χ1n) is 6.76. The van der Waals surface area contributed by atoms with Gasteiger partial charge in [-0.25, -0.2) is 15.0 Å². The Bertz CT molecular complexity index is 959. The summed E-state index contributed by atoms with van der Waals surface area (Å²) in [6, 6.07) is 13.2. The van der Waals surface area contributed by atoms with Gasteiger partial charge in [0.2, 0.25) is 5.78 Å². The summed E-state index contributed by atoms with van der Waals surface area (Å²) in [4.78, 5) is 24.9. The molecule has 0 saturated carbocycles. The average molecular weight is 289 g/mol. The fourth-order valence-corrected chi connectivity index (χ4v) is 2.26. The number of para-hydroxylation sites is 1. The second kappa shape index (κ2) is 4.92. The third kappa shape index (κ3) is 2.16. The van der Waals surface area contributed by atoms with Gasteiger partial charge in [-0.1, -0.05) is 18.2 Å². The summed E-state index contributed by atoms with van der Waals surface area (Å²) in [5.74, 6) is 0.668. The normalized spacial score (nSPS) is 10.9. The van der Waals surface area contributed by atoms with E-state index in [2.05, 4.69) is 20.3 Å². The molecule has 0 radical (unpaired) electrons. The number of nitrogens with one attached hydrogen (secondary N) is 1. The van der Waals surface area contributed by atoms with E-state index in [0.717, 1.165) is 10.9 Å². The molecule has 4 rings (SSSR count). The first-order valence-corrected chi connectivity index (χ1v) is 6.76. The molecule has 0 atom stereocenters. The first kappa shape index (κ1) is 12.5. The maximum Gasteiger partial charge on any atom is 0.277 e. The molecule has 0 aliphatic carbocycles. The van der Waals surface area contributed by atoms with Gasteiger partial charge >= 0.3 is 0 Å². The summed E-state index contributed by atoms with van der Waals surface area (Å²) in [5.41, 5.74) is 1.13. The van der Waals surface area contributed by atoms with Gasteiger partial charge in [0, 0.05) is 24.0 Å². The molecular formula is C16H11N5O. The van der Waals surface area contributed by atoms with E-state index < -0.39 is 0 Å². The van der Waals surface area contributed by atoms with E-state index in [4.69, 9.17) is 0 Å². The van der Waals surface area contributed by atoms with Gasteiger partial charge in [-0.15, -0.1) is 0 Å². The highest BCUT2D eigenvalue weighted by atomic mass is 16.2. The topological polar surface area (TPSA) is 72.2 Å². The van der Waals surface area contributed by atoms with Gasteiger partial charge in [0.1, 0.15) is 11.5 Å². The first-order chi connectivity index (χ1) is 10.8. The summed E-state index contributed by atoms with van der Waals surface area (Å²) in [6.07, 6.45) is 5.06. The number of benzene rings is 1. The summed E-state index contributed by atoms with van der Waals surface area (Å²) in [7, 11) is 0. The Hall–Kier alpha value is -3.28. The van der Waals surface area contributed by atoms with E-state index in [1.165, 1.54) is 0 Å². The van der Waals surface area contributed by atoms with Crippen LogP contribution < -0.4 is 5.32 Å². The number of imidazole rings is 1. The van der Waals surface area contributed by atoms with Crippen molar-refractivity contribution < 1.29 is 4.79 Å². The summed E-state index contributed by atoms with van der Waals surface area (Å²) in [6.45, 7) is 0. The smallest absolute Gasteiger partial charge is 0.277 e. The SMILES string of the molecule is O=C(Nc1ccc2ccccc2n1)c1cn2cccnc2n1. The lowest BCUT2D eigenvalue weighted by molar-refractivity contribution is 0.102. The number of carbonyl (C=O) groups is 1. The molecule has 4 aromatic rings. The van der Waals surface area contributed by atoms with Crippen LogP contribution in [0, 0.1) is 0 Å². The van der Waals surface area contributed by atoms with Crippen LogP contribution in [0.1, 0.15) is 10.5 Å². The van der Waals surface area contributed by atoms with Crippen molar-refractivity contribution in [1.29, 1.82) is 0 Å². The van der Waals surface area contributed by atoms with Crippen molar-refractivity contribution in [3.63, 3.8) is 0 Å². The van der Waals surface area contributed by atoms with Crippen LogP contribution in [0.2, 0.25) is 0 Å². The fraction of sp³-hybridized carbons (Fsp3) is 0. The van der Waals surface area contributed by atoms with Crippen LogP contribution in [-0.2, 0) is 0 Å². The zero-order valence-electron chi connectivity index (χ0n) is 11.5. The van der Waals surface area contributed by atoms with E-state index in [9.17, 15) is 4.79 Å². The fourth-order valence-electron chi connectivity index (χ4n) is 2.26. The minimum atomic E-state index is -0.312. The number of rotatable bonds is 2. The molecule has 106 valence electrons. The van der Waals surface area contributed by atoms with Gasteiger partial charge in [-0.2, -0.15) is 0 Å². The van der Waals surface area contributed by atoms with Crippen LogP contribution in [-0.4, -0.2) is 25.3 Å². The minimum Gasteiger partial charge on any atom is -0.305 e. The molecule has 0 spiro atoms. The summed E-state index contributed by atoms with van der Waals surface area (Å²) in [5, 5.41) is 3.78. The second-order valence-corrected chi connectivity index (χ2v) is 4.80. The van der Waals surface area contributed by atoms with Crippen LogP contribution in [0.15, 0.2) is 61.1 Å². The Labute approximate surface area is 125 Å². The molecular weight excluding hydrogens is 278 g/mol. The van der Waals surface area contributed by atoms with Crippen molar-refractivity contribution in [2.45, 2.75) is 0 Å². The van der Waals surface area contributed by atoms with Crippen molar-refractivity contribution in [2.75, 3.05) is 5.32 Å². The van der Waals surface area contributed by atoms with Gasteiger partial charge in [0.25, 0.3) is 5.91 Å². The minimum absolute atomic E-state index is 0.300. The van der Waals surface area contributed by atoms with Crippen LogP contribution >= 0.6 is 0 Å². The number of pyridine rings is 1. The van der Waals surface area contributed by atoms with Crippen molar-refractivity contribution in [3.8, 4) is 0 Å². The van der Waals surface area contributed by atoms with Crippen molar-refractivity contribution in [1.82, 2.24) is 19.4 Å². The lowest BCUT2D eigenvalue weighted by Crippen LogP contribution is -2.13. The lowest BCUT2D eigenvalue weighted by Gasteiger charge is -2.03. The Morgan fingerprint density at radius 2 is 1.95 bits per heavy atom. The van der Waals surface area contributed by atoms with Crippen molar-refractivity contribution >= 4 is 28.4 Å². The maximum absolute atomic E-state index is 12.3. The zero-order valence-corrected chi connectivity index (χ0v) is 11.5. The average Bonchev–Trinajstić information content (AvgIpc) is 2.99. The molecule has 0 unspecified atom stereocenters. The predicted octanol–water partition coefficient (Wildman–Crippen LogP) is 2.53. The Morgan fingerprint density at radius 3 is 2.86 bits per heavy atom. The number of aromatic nitrogens is 4. The van der Waals surface area contributed by atoms with Gasteiger partial charge in [-0.05, 0) is 24.3 Å². The molecule has 1 aromatic carbocycles. The molecule has 22 heavy (non-hydrogen) atoms. The van der Waals surface area contributed by atoms with E-state index in [0.29, 0.717) is 17.3 Å². The van der Waals surface area contributed by atoms with E-state index in [-0.39, 0.29) is 5.91 Å². The highest BCUT2D eigenvalue weighted by Gasteiger charge is 2.12. The number of nitrogens with zero attached hydrogens (tertiary/aromatic N) is 4. The van der Waals surface area contributed by atoms with Gasteiger partial charge in [-0.3, -0.25) is 9.20 Å². The number of fused-ring (bicyclic) bond motifs is 2. The van der Waals surface area contributed by atoms with Crippen molar-refractivity contribution in [2.24, 2.45) is 0 Å². The molecule has 3 heterocycles. The summed E-state index contributed by atoms with van der Waals surface area (Å²) < 4.78 is 1.70. The molecule has 6 nitrogen and oxygen atoms in total. The van der Waals surface area contributed by atoms with Crippen LogP contribution in [0.5, 0.6) is 0 Å². The van der Waals surface area contributed by atoms with Crippen LogP contribution in [0.4, 0.5) is 5.82 Å². The molecule has 0 bridgehead atoms. The zero-order chi connectivity index (χ0) is 14.9. The maximum atomic E-state index is 12.3. The van der Waals surface area contributed by atoms with E-state index >= 15 is 0 Å². The van der Waals surface area contributed by atoms with Crippen molar-refractivity contribution in [3.05, 3.63) is 66.7 Å². The van der Waals surface area contributed by atoms with Gasteiger partial charge < -0.3 is 5.32 Å². The lowest BCUT2D eigenvalue weighted by atomic mass is 10.2. The predicted molar refractivity (Wildman–Crippen MR) is 82.7 cm³/mol. The number of anilines is 1. The molecule has 6 heteroatoms. The molecule has 0 saturated heterocycles. The molecule has 0 aliphatic heterocycles. The number of carbonyl (C=O) groups excluding carboxylic acids is 1. The highest BCUT2D eigenvalue weighted by molar-refractivity contribution is 6.03. The van der Waals surface area contributed by atoms with Gasteiger partial charge in [0.05, 0.1) is 5.52 Å². The second-order valence-electron chi connectivity index (χ2n) is 4.80. The molecule has 0 fully saturated rings. The quantitative estimate of drug-likeness (QED) is 0.615. The largest absolute Gasteiger partial charge is 0.305 e. The molecule has 1 amide bonds. The highest BCUT2D eigenvalue weighted by Crippen LogP contribution is 2.15. The Morgan fingerprint density at radius 1 is 1.05 bits per heavy atom. The molecule has 1 N–H and O–H groups in total. The van der Waals surface area contributed by atoms with Crippen LogP contribution in [0.25, 0.3) is 16.7 Å². The van der Waals surface area contributed by atoms with Gasteiger partial charge in [0.15, 0.2) is 0 Å². The number of hydrogen-bond acceptors (Lipinski definition) is 4. The molecule has 3 aromatic heterocycles. The van der Waals surface area contributed by atoms with E-state index in [1.54, 1.807) is 35.1 Å². The summed E-state index contributed by atoms with van der Waals surface area (Å²) >= 11 is 0.